The summed E-state index contributed by atoms with van der Waals surface area (Å²) in [5.74, 6) is 1.18. The Morgan fingerprint density at radius 1 is 0.971 bits per heavy atom. The fourth-order valence-corrected chi connectivity index (χ4v) is 4.27. The van der Waals surface area contributed by atoms with Crippen LogP contribution in [0, 0.1) is 0 Å². The summed E-state index contributed by atoms with van der Waals surface area (Å²) in [6, 6.07) is 17.6. The molecule has 4 rings (SSSR count). The fraction of sp³-hybridized carbons (Fsp3) is 0.385. The number of benzene rings is 2. The Kier molecular flexibility index (Phi) is 7.69. The number of carbonyl (C=O) groups excluding carboxylic acids is 1. The predicted molar refractivity (Wildman–Crippen MR) is 134 cm³/mol. The molecule has 0 aliphatic carbocycles. The number of nitrogens with zero attached hydrogens (tertiary/aromatic N) is 5. The molecule has 0 radical (unpaired) electrons. The van der Waals surface area contributed by atoms with E-state index in [1.165, 1.54) is 0 Å². The van der Waals surface area contributed by atoms with Crippen LogP contribution in [0.15, 0.2) is 59.4 Å². The Balaban J connectivity index is 1.56. The lowest BCUT2D eigenvalue weighted by Gasteiger charge is -2.17. The number of aryl methyl sites for hydroxylation is 3. The van der Waals surface area contributed by atoms with Crippen molar-refractivity contribution in [1.82, 2.24) is 29.4 Å². The molecule has 2 aromatic heterocycles. The molecule has 0 atom stereocenters. The fourth-order valence-electron chi connectivity index (χ4n) is 4.27. The number of rotatable bonds is 11. The van der Waals surface area contributed by atoms with Gasteiger partial charge in [-0.3, -0.25) is 18.6 Å². The van der Waals surface area contributed by atoms with E-state index in [2.05, 4.69) is 46.4 Å². The van der Waals surface area contributed by atoms with Gasteiger partial charge in [0.15, 0.2) is 0 Å². The summed E-state index contributed by atoms with van der Waals surface area (Å²) in [7, 11) is 0. The molecule has 0 saturated carbocycles. The highest BCUT2D eigenvalue weighted by atomic mass is 16.1. The molecule has 8 heteroatoms. The minimum Gasteiger partial charge on any atom is -0.355 e. The standard InChI is InChI=1S/C26H32N6O2/c1-3-30(4-2)19-17-27-24(33)15-14-23-28-29-26-31(18-16-20-10-6-5-7-11-20)25(34)21-12-8-9-13-22(21)32(23)26/h5-13H,3-4,14-19H2,1-2H3,(H,27,33). The summed E-state index contributed by atoms with van der Waals surface area (Å²) in [5.41, 5.74) is 1.84. The number of carbonyl (C=O) groups is 1. The van der Waals surface area contributed by atoms with Gasteiger partial charge in [-0.1, -0.05) is 56.3 Å². The lowest BCUT2D eigenvalue weighted by Crippen LogP contribution is -2.34. The Morgan fingerprint density at radius 2 is 1.71 bits per heavy atom. The molecule has 0 unspecified atom stereocenters. The Bertz CT molecular complexity index is 1310. The van der Waals surface area contributed by atoms with Crippen molar-refractivity contribution < 1.29 is 4.79 Å². The van der Waals surface area contributed by atoms with Gasteiger partial charge in [0, 0.05) is 32.5 Å². The Labute approximate surface area is 199 Å². The summed E-state index contributed by atoms with van der Waals surface area (Å²) in [5, 5.41) is 12.4. The van der Waals surface area contributed by atoms with Gasteiger partial charge in [-0.25, -0.2) is 0 Å². The average Bonchev–Trinajstić information content (AvgIpc) is 3.30. The van der Waals surface area contributed by atoms with Crippen molar-refractivity contribution in [2.45, 2.75) is 39.7 Å². The van der Waals surface area contributed by atoms with Crippen molar-refractivity contribution in [3.63, 3.8) is 0 Å². The normalized spacial score (nSPS) is 11.5. The molecule has 2 heterocycles. The first kappa shape index (κ1) is 23.6. The second kappa shape index (κ2) is 11.1. The summed E-state index contributed by atoms with van der Waals surface area (Å²) >= 11 is 0. The molecule has 4 aromatic rings. The second-order valence-corrected chi connectivity index (χ2v) is 8.34. The molecule has 0 bridgehead atoms. The molecule has 8 nitrogen and oxygen atoms in total. The van der Waals surface area contributed by atoms with Gasteiger partial charge in [-0.2, -0.15) is 0 Å². The van der Waals surface area contributed by atoms with Crippen LogP contribution in [0.1, 0.15) is 31.7 Å². The van der Waals surface area contributed by atoms with Crippen molar-refractivity contribution in [3.8, 4) is 0 Å². The van der Waals surface area contributed by atoms with Crippen molar-refractivity contribution in [3.05, 3.63) is 76.3 Å². The van der Waals surface area contributed by atoms with E-state index >= 15 is 0 Å². The van der Waals surface area contributed by atoms with Gasteiger partial charge in [0.2, 0.25) is 11.7 Å². The van der Waals surface area contributed by atoms with Gasteiger partial charge in [0.05, 0.1) is 10.9 Å². The van der Waals surface area contributed by atoms with Crippen LogP contribution in [0.3, 0.4) is 0 Å². The highest BCUT2D eigenvalue weighted by Gasteiger charge is 2.17. The third-order valence-corrected chi connectivity index (χ3v) is 6.26. The molecule has 34 heavy (non-hydrogen) atoms. The number of amides is 1. The SMILES string of the molecule is CCN(CC)CCNC(=O)CCc1nnc2n(CCc3ccccc3)c(=O)c3ccccc3n12. The van der Waals surface area contributed by atoms with Crippen LogP contribution in [0.2, 0.25) is 0 Å². The van der Waals surface area contributed by atoms with Crippen LogP contribution < -0.4 is 10.9 Å². The van der Waals surface area contributed by atoms with E-state index in [4.69, 9.17) is 0 Å². The predicted octanol–water partition coefficient (Wildman–Crippen LogP) is 2.68. The lowest BCUT2D eigenvalue weighted by atomic mass is 10.1. The first-order valence-electron chi connectivity index (χ1n) is 12.0. The maximum atomic E-state index is 13.3. The van der Waals surface area contributed by atoms with Gasteiger partial charge >= 0.3 is 0 Å². The third-order valence-electron chi connectivity index (χ3n) is 6.26. The molecular formula is C26H32N6O2. The monoisotopic (exact) mass is 460 g/mol. The van der Waals surface area contributed by atoms with E-state index in [9.17, 15) is 9.59 Å². The quantitative estimate of drug-likeness (QED) is 0.372. The van der Waals surface area contributed by atoms with Crippen LogP contribution >= 0.6 is 0 Å². The van der Waals surface area contributed by atoms with Crippen LogP contribution in [-0.2, 0) is 24.2 Å². The maximum Gasteiger partial charge on any atom is 0.262 e. The van der Waals surface area contributed by atoms with Crippen LogP contribution in [-0.4, -0.2) is 56.2 Å². The molecule has 1 amide bonds. The smallest absolute Gasteiger partial charge is 0.262 e. The molecular weight excluding hydrogens is 428 g/mol. The topological polar surface area (TPSA) is 84.5 Å². The Hall–Kier alpha value is -3.52. The second-order valence-electron chi connectivity index (χ2n) is 8.34. The Morgan fingerprint density at radius 3 is 2.47 bits per heavy atom. The first-order chi connectivity index (χ1) is 16.6. The van der Waals surface area contributed by atoms with Crippen molar-refractivity contribution in [2.24, 2.45) is 0 Å². The zero-order valence-electron chi connectivity index (χ0n) is 19.9. The van der Waals surface area contributed by atoms with Crippen molar-refractivity contribution in [1.29, 1.82) is 0 Å². The third kappa shape index (κ3) is 5.17. The van der Waals surface area contributed by atoms with Crippen LogP contribution in [0.4, 0.5) is 0 Å². The van der Waals surface area contributed by atoms with Gasteiger partial charge in [0.1, 0.15) is 5.82 Å². The summed E-state index contributed by atoms with van der Waals surface area (Å²) in [6.07, 6.45) is 1.47. The zero-order valence-corrected chi connectivity index (χ0v) is 19.9. The number of hydrogen-bond donors (Lipinski definition) is 1. The zero-order chi connectivity index (χ0) is 23.9. The molecule has 178 valence electrons. The van der Waals surface area contributed by atoms with E-state index in [-0.39, 0.29) is 11.5 Å². The van der Waals surface area contributed by atoms with Crippen LogP contribution in [0.5, 0.6) is 0 Å². The number of nitrogens with one attached hydrogen (secondary N) is 1. The number of hydrogen-bond acceptors (Lipinski definition) is 5. The maximum absolute atomic E-state index is 13.3. The molecule has 0 fully saturated rings. The number of aromatic nitrogens is 4. The number of fused-ring (bicyclic) bond motifs is 3. The van der Waals surface area contributed by atoms with E-state index in [0.29, 0.717) is 49.3 Å². The number of para-hydroxylation sites is 1. The van der Waals surface area contributed by atoms with Crippen molar-refractivity contribution in [2.75, 3.05) is 26.2 Å². The molecule has 1 N–H and O–H groups in total. The highest BCUT2D eigenvalue weighted by Crippen LogP contribution is 2.16. The van der Waals surface area contributed by atoms with Crippen molar-refractivity contribution >= 4 is 22.6 Å². The largest absolute Gasteiger partial charge is 0.355 e. The van der Waals surface area contributed by atoms with Gasteiger partial charge in [-0.15, -0.1) is 10.2 Å². The van der Waals surface area contributed by atoms with Gasteiger partial charge in [0.25, 0.3) is 5.56 Å². The molecule has 0 spiro atoms. The molecule has 0 aliphatic heterocycles. The minimum atomic E-state index is -0.0767. The minimum absolute atomic E-state index is 0.00869. The molecule has 2 aromatic carbocycles. The van der Waals surface area contributed by atoms with E-state index < -0.39 is 0 Å². The van der Waals surface area contributed by atoms with E-state index in [1.807, 2.05) is 46.9 Å². The first-order valence-corrected chi connectivity index (χ1v) is 12.0. The molecule has 0 aliphatic rings. The summed E-state index contributed by atoms with van der Waals surface area (Å²) in [6.45, 7) is 8.14. The average molecular weight is 461 g/mol. The van der Waals surface area contributed by atoms with E-state index in [1.54, 1.807) is 4.57 Å². The number of likely N-dealkylation sites (N-methyl/N-ethyl adjacent to an activating group) is 1. The van der Waals surface area contributed by atoms with E-state index in [0.717, 1.165) is 30.7 Å². The summed E-state index contributed by atoms with van der Waals surface area (Å²) in [4.78, 5) is 28.0. The summed E-state index contributed by atoms with van der Waals surface area (Å²) < 4.78 is 3.61. The van der Waals surface area contributed by atoms with Gasteiger partial charge < -0.3 is 10.2 Å². The lowest BCUT2D eigenvalue weighted by molar-refractivity contribution is -0.121. The van der Waals surface area contributed by atoms with Gasteiger partial charge in [-0.05, 0) is 37.2 Å². The highest BCUT2D eigenvalue weighted by molar-refractivity contribution is 5.80. The molecule has 0 saturated heterocycles. The van der Waals surface area contributed by atoms with Crippen LogP contribution in [0.25, 0.3) is 16.7 Å².